The molecule has 7 nitrogen and oxygen atoms in total. The maximum Gasteiger partial charge on any atom is 0.407 e. The molecule has 192 valence electrons. The Morgan fingerprint density at radius 1 is 1.03 bits per heavy atom. The minimum absolute atomic E-state index is 0.0770. The number of Topliss-reactive ketones (excluding diaryl/α,β-unsaturated/α-hetero) is 1. The summed E-state index contributed by atoms with van der Waals surface area (Å²) in [5.41, 5.74) is -0.393. The Labute approximate surface area is 198 Å². The van der Waals surface area contributed by atoms with Crippen molar-refractivity contribution in [1.82, 2.24) is 10.6 Å². The largest absolute Gasteiger partial charge is 0.480 e. The third-order valence-corrected chi connectivity index (χ3v) is 4.76. The number of rotatable bonds is 9. The number of unbranched alkanes of at least 4 members (excludes halogenated alkanes) is 1. The molecule has 1 aliphatic carbocycles. The highest BCUT2D eigenvalue weighted by atomic mass is 19.2. The predicted molar refractivity (Wildman–Crippen MR) is 121 cm³/mol. The molecule has 34 heavy (non-hydrogen) atoms. The zero-order chi connectivity index (χ0) is 25.7. The van der Waals surface area contributed by atoms with Gasteiger partial charge in [-0.25, -0.2) is 13.6 Å². The maximum absolute atomic E-state index is 13.3. The number of benzene rings is 1. The Balaban J connectivity index is 0.000000411. The van der Waals surface area contributed by atoms with E-state index in [1.807, 2.05) is 20.8 Å². The van der Waals surface area contributed by atoms with E-state index in [1.54, 1.807) is 0 Å². The van der Waals surface area contributed by atoms with Crippen LogP contribution in [0, 0.1) is 23.4 Å². The molecule has 1 saturated carbocycles. The van der Waals surface area contributed by atoms with Crippen molar-refractivity contribution in [2.24, 2.45) is 5.92 Å². The van der Waals surface area contributed by atoms with Crippen LogP contribution < -0.4 is 15.4 Å². The van der Waals surface area contributed by atoms with E-state index in [1.165, 1.54) is 0 Å². The van der Waals surface area contributed by atoms with Crippen LogP contribution in [0.4, 0.5) is 18.0 Å². The smallest absolute Gasteiger partial charge is 0.407 e. The van der Waals surface area contributed by atoms with E-state index in [9.17, 15) is 27.6 Å². The molecule has 1 fully saturated rings. The Morgan fingerprint density at radius 2 is 1.65 bits per heavy atom. The Kier molecular flexibility index (Phi) is 12.5. The summed E-state index contributed by atoms with van der Waals surface area (Å²) in [5.74, 6) is -5.62. The van der Waals surface area contributed by atoms with Gasteiger partial charge >= 0.3 is 6.09 Å². The van der Waals surface area contributed by atoms with Crippen LogP contribution in [0.2, 0.25) is 0 Å². The van der Waals surface area contributed by atoms with Gasteiger partial charge in [-0.1, -0.05) is 26.2 Å². The summed E-state index contributed by atoms with van der Waals surface area (Å²) in [6, 6.07) is 1.33. The van der Waals surface area contributed by atoms with E-state index < -0.39 is 41.2 Å². The molecule has 2 N–H and O–H groups in total. The van der Waals surface area contributed by atoms with E-state index in [2.05, 4.69) is 22.3 Å². The van der Waals surface area contributed by atoms with Crippen LogP contribution in [-0.2, 0) is 14.3 Å². The second-order valence-corrected chi connectivity index (χ2v) is 8.98. The average molecular weight is 489 g/mol. The first-order chi connectivity index (χ1) is 15.9. The Morgan fingerprint density at radius 3 is 2.24 bits per heavy atom. The molecule has 0 bridgehead atoms. The van der Waals surface area contributed by atoms with Crippen molar-refractivity contribution in [2.45, 2.75) is 71.8 Å². The third kappa shape index (κ3) is 11.4. The molecule has 1 aromatic rings. The summed E-state index contributed by atoms with van der Waals surface area (Å²) in [7, 11) is 0. The predicted octanol–water partition coefficient (Wildman–Crippen LogP) is 4.67. The molecular weight excluding hydrogens is 453 g/mol. The number of ketones is 1. The fourth-order valence-corrected chi connectivity index (χ4v) is 3.04. The molecule has 0 unspecified atom stereocenters. The number of halogens is 3. The van der Waals surface area contributed by atoms with Gasteiger partial charge < -0.3 is 20.1 Å². The van der Waals surface area contributed by atoms with Crippen LogP contribution in [-0.4, -0.2) is 43.1 Å². The summed E-state index contributed by atoms with van der Waals surface area (Å²) in [6.45, 7) is 7.41. The number of nitrogens with one attached hydrogen (secondary N) is 2. The lowest BCUT2D eigenvalue weighted by atomic mass is 10.1. The highest BCUT2D eigenvalue weighted by molar-refractivity contribution is 5.87. The molecular formula is C24H35F3N2O5. The van der Waals surface area contributed by atoms with Crippen LogP contribution in [0.15, 0.2) is 12.1 Å². The molecule has 0 aliphatic heterocycles. The number of carbonyl (C=O) groups is 3. The topological polar surface area (TPSA) is 93.7 Å². The maximum atomic E-state index is 13.3. The zero-order valence-corrected chi connectivity index (χ0v) is 20.3. The van der Waals surface area contributed by atoms with E-state index in [-0.39, 0.29) is 24.5 Å². The van der Waals surface area contributed by atoms with Gasteiger partial charge in [0, 0.05) is 12.5 Å². The van der Waals surface area contributed by atoms with Gasteiger partial charge in [0.05, 0.1) is 6.54 Å². The number of hydrogen-bond donors (Lipinski definition) is 2. The van der Waals surface area contributed by atoms with Gasteiger partial charge in [0.1, 0.15) is 12.2 Å². The van der Waals surface area contributed by atoms with Crippen molar-refractivity contribution in [2.75, 3.05) is 19.7 Å². The van der Waals surface area contributed by atoms with Crippen molar-refractivity contribution < 1.29 is 37.0 Å². The molecule has 1 aliphatic rings. The summed E-state index contributed by atoms with van der Waals surface area (Å²) in [4.78, 5) is 34.3. The standard InChI is InChI=1S/C15H16F3NO3.C9H19NO2/c16-11-5-6-12(17)14(13(11)18)22-8-10(20)7-19-15(21)9-3-1-2-4-9;1-5-6-7-10-8(11)12-9(2,3)4/h5-6,9H,1-4,7-8H2,(H,19,21);5-7H2,1-4H3,(H,10,11). The van der Waals surface area contributed by atoms with Gasteiger partial charge in [0.2, 0.25) is 11.7 Å². The highest BCUT2D eigenvalue weighted by Gasteiger charge is 2.23. The fraction of sp³-hybridized carbons (Fsp3) is 0.625. The lowest BCUT2D eigenvalue weighted by molar-refractivity contribution is -0.128. The van der Waals surface area contributed by atoms with Gasteiger partial charge in [-0.2, -0.15) is 4.39 Å². The summed E-state index contributed by atoms with van der Waals surface area (Å²) in [6.07, 6.45) is 5.35. The molecule has 10 heteroatoms. The van der Waals surface area contributed by atoms with Gasteiger partial charge in [-0.05, 0) is 52.2 Å². The molecule has 2 amide bonds. The summed E-state index contributed by atoms with van der Waals surface area (Å²) >= 11 is 0. The normalized spacial score (nSPS) is 13.5. The van der Waals surface area contributed by atoms with Crippen molar-refractivity contribution in [3.05, 3.63) is 29.6 Å². The molecule has 0 radical (unpaired) electrons. The van der Waals surface area contributed by atoms with Crippen molar-refractivity contribution in [3.8, 4) is 5.75 Å². The molecule has 1 aromatic carbocycles. The molecule has 2 rings (SSSR count). The molecule has 0 atom stereocenters. The average Bonchev–Trinajstić information content (AvgIpc) is 3.29. The zero-order valence-electron chi connectivity index (χ0n) is 20.3. The van der Waals surface area contributed by atoms with Gasteiger partial charge in [0.15, 0.2) is 23.2 Å². The van der Waals surface area contributed by atoms with E-state index >= 15 is 0 Å². The number of ether oxygens (including phenoxy) is 2. The minimum atomic E-state index is -1.48. The number of carbonyl (C=O) groups excluding carboxylic acids is 3. The third-order valence-electron chi connectivity index (χ3n) is 4.76. The summed E-state index contributed by atoms with van der Waals surface area (Å²) < 4.78 is 49.3. The van der Waals surface area contributed by atoms with Crippen LogP contribution in [0.3, 0.4) is 0 Å². The second kappa shape index (κ2) is 14.5. The number of alkyl carbamates (subject to hydrolysis) is 1. The first-order valence-electron chi connectivity index (χ1n) is 11.5. The van der Waals surface area contributed by atoms with Gasteiger partial charge in [-0.3, -0.25) is 9.59 Å². The van der Waals surface area contributed by atoms with Crippen molar-refractivity contribution in [3.63, 3.8) is 0 Å². The monoisotopic (exact) mass is 488 g/mol. The molecule has 0 aromatic heterocycles. The van der Waals surface area contributed by atoms with Gasteiger partial charge in [0.25, 0.3) is 0 Å². The van der Waals surface area contributed by atoms with Crippen LogP contribution >= 0.6 is 0 Å². The first-order valence-corrected chi connectivity index (χ1v) is 11.5. The molecule has 0 heterocycles. The lowest BCUT2D eigenvalue weighted by Gasteiger charge is -2.19. The van der Waals surface area contributed by atoms with E-state index in [0.29, 0.717) is 18.7 Å². The molecule has 0 spiro atoms. The Bertz CT molecular complexity index is 822. The van der Waals surface area contributed by atoms with Crippen LogP contribution in [0.25, 0.3) is 0 Å². The summed E-state index contributed by atoms with van der Waals surface area (Å²) in [5, 5.41) is 5.15. The van der Waals surface area contributed by atoms with E-state index in [4.69, 9.17) is 4.74 Å². The highest BCUT2D eigenvalue weighted by Crippen LogP contribution is 2.25. The van der Waals surface area contributed by atoms with E-state index in [0.717, 1.165) is 38.5 Å². The van der Waals surface area contributed by atoms with Crippen LogP contribution in [0.1, 0.15) is 66.2 Å². The molecule has 0 saturated heterocycles. The fourth-order valence-electron chi connectivity index (χ4n) is 3.04. The lowest BCUT2D eigenvalue weighted by Crippen LogP contribution is -2.35. The second-order valence-electron chi connectivity index (χ2n) is 8.98. The number of hydrogen-bond acceptors (Lipinski definition) is 5. The van der Waals surface area contributed by atoms with Crippen molar-refractivity contribution in [1.29, 1.82) is 0 Å². The van der Waals surface area contributed by atoms with Crippen LogP contribution in [0.5, 0.6) is 5.75 Å². The Hall–Kier alpha value is -2.78. The SMILES string of the molecule is CCCCNC(=O)OC(C)(C)C.O=C(CNC(=O)C1CCCC1)COc1c(F)ccc(F)c1F. The number of amides is 2. The van der Waals surface area contributed by atoms with Crippen molar-refractivity contribution >= 4 is 17.8 Å². The first kappa shape index (κ1) is 29.3. The minimum Gasteiger partial charge on any atom is -0.480 e. The quantitative estimate of drug-likeness (QED) is 0.389. The van der Waals surface area contributed by atoms with Gasteiger partial charge in [-0.15, -0.1) is 0 Å².